The van der Waals surface area contributed by atoms with Crippen LogP contribution in [0.25, 0.3) is 0 Å². The molecule has 0 unspecified atom stereocenters. The quantitative estimate of drug-likeness (QED) is 0.900. The maximum Gasteiger partial charge on any atom is 0.271 e. The Balaban J connectivity index is 2.21. The molecule has 6 nitrogen and oxygen atoms in total. The SMILES string of the molecule is CC(C)NC(=O)c1nc(N2CCOCC2)ncc1Cl. The second kappa shape index (κ2) is 6.16. The molecule has 1 amide bonds. The molecule has 0 saturated carbocycles. The van der Waals surface area contributed by atoms with Crippen LogP contribution in [0.5, 0.6) is 0 Å². The van der Waals surface area contributed by atoms with Crippen molar-refractivity contribution in [2.24, 2.45) is 0 Å². The fourth-order valence-electron chi connectivity index (χ4n) is 1.76. The molecule has 1 aromatic heterocycles. The summed E-state index contributed by atoms with van der Waals surface area (Å²) < 4.78 is 5.27. The van der Waals surface area contributed by atoms with E-state index in [1.54, 1.807) is 0 Å². The number of halogens is 1. The first kappa shape index (κ1) is 14.0. The molecule has 1 aliphatic heterocycles. The number of carbonyl (C=O) groups is 1. The van der Waals surface area contributed by atoms with Gasteiger partial charge in [-0.25, -0.2) is 9.97 Å². The van der Waals surface area contributed by atoms with Gasteiger partial charge in [0.05, 0.1) is 24.4 Å². The van der Waals surface area contributed by atoms with Crippen LogP contribution in [0.15, 0.2) is 6.20 Å². The lowest BCUT2D eigenvalue weighted by atomic mass is 10.3. The van der Waals surface area contributed by atoms with Gasteiger partial charge in [-0.1, -0.05) is 11.6 Å². The van der Waals surface area contributed by atoms with Gasteiger partial charge in [0.1, 0.15) is 0 Å². The molecule has 2 heterocycles. The number of carbonyl (C=O) groups excluding carboxylic acids is 1. The van der Waals surface area contributed by atoms with Gasteiger partial charge >= 0.3 is 0 Å². The Kier molecular flexibility index (Phi) is 4.55. The zero-order chi connectivity index (χ0) is 13.8. The van der Waals surface area contributed by atoms with E-state index in [0.717, 1.165) is 0 Å². The predicted molar refractivity (Wildman–Crippen MR) is 72.7 cm³/mol. The molecule has 1 fully saturated rings. The number of anilines is 1. The Morgan fingerprint density at radius 1 is 1.47 bits per heavy atom. The van der Waals surface area contributed by atoms with Crippen molar-refractivity contribution in [2.75, 3.05) is 31.2 Å². The first-order valence-corrected chi connectivity index (χ1v) is 6.62. The van der Waals surface area contributed by atoms with Crippen LogP contribution in [0.4, 0.5) is 5.95 Å². The third kappa shape index (κ3) is 3.54. The van der Waals surface area contributed by atoms with Crippen LogP contribution < -0.4 is 10.2 Å². The Morgan fingerprint density at radius 3 is 2.79 bits per heavy atom. The molecular formula is C12H17ClN4O2. The summed E-state index contributed by atoms with van der Waals surface area (Å²) in [5.41, 5.74) is 0.215. The summed E-state index contributed by atoms with van der Waals surface area (Å²) >= 11 is 5.98. The van der Waals surface area contributed by atoms with Gasteiger partial charge < -0.3 is 15.0 Å². The van der Waals surface area contributed by atoms with Crippen molar-refractivity contribution < 1.29 is 9.53 Å². The van der Waals surface area contributed by atoms with Gasteiger partial charge in [-0.15, -0.1) is 0 Å². The van der Waals surface area contributed by atoms with Crippen LogP contribution in [0.1, 0.15) is 24.3 Å². The normalized spacial score (nSPS) is 15.7. The van der Waals surface area contributed by atoms with Crippen molar-refractivity contribution in [1.29, 1.82) is 0 Å². The maximum atomic E-state index is 12.0. The van der Waals surface area contributed by atoms with E-state index in [2.05, 4.69) is 15.3 Å². The van der Waals surface area contributed by atoms with Crippen LogP contribution in [0.3, 0.4) is 0 Å². The average molecular weight is 285 g/mol. The van der Waals surface area contributed by atoms with E-state index in [0.29, 0.717) is 32.3 Å². The van der Waals surface area contributed by atoms with Gasteiger partial charge in [0.25, 0.3) is 5.91 Å². The smallest absolute Gasteiger partial charge is 0.271 e. The third-order valence-electron chi connectivity index (χ3n) is 2.66. The van der Waals surface area contributed by atoms with Crippen molar-refractivity contribution in [3.63, 3.8) is 0 Å². The first-order valence-electron chi connectivity index (χ1n) is 6.24. The molecule has 0 spiro atoms. The highest BCUT2D eigenvalue weighted by molar-refractivity contribution is 6.33. The van der Waals surface area contributed by atoms with Crippen LogP contribution in [0, 0.1) is 0 Å². The van der Waals surface area contributed by atoms with Crippen molar-refractivity contribution in [1.82, 2.24) is 15.3 Å². The largest absolute Gasteiger partial charge is 0.378 e. The number of nitrogens with one attached hydrogen (secondary N) is 1. The van der Waals surface area contributed by atoms with Crippen LogP contribution in [-0.2, 0) is 4.74 Å². The molecule has 1 saturated heterocycles. The van der Waals surface area contributed by atoms with E-state index in [1.807, 2.05) is 18.7 Å². The minimum Gasteiger partial charge on any atom is -0.378 e. The maximum absolute atomic E-state index is 12.0. The van der Waals surface area contributed by atoms with Gasteiger partial charge in [-0.05, 0) is 13.8 Å². The van der Waals surface area contributed by atoms with Gasteiger partial charge in [0.2, 0.25) is 5.95 Å². The summed E-state index contributed by atoms with van der Waals surface area (Å²) in [5.74, 6) is 0.235. The standard InChI is InChI=1S/C12H17ClN4O2/c1-8(2)15-11(18)10-9(13)7-14-12(16-10)17-3-5-19-6-4-17/h7-8H,3-6H2,1-2H3,(H,15,18). The van der Waals surface area contributed by atoms with Gasteiger partial charge in [-0.2, -0.15) is 0 Å². The van der Waals surface area contributed by atoms with Gasteiger partial charge in [0, 0.05) is 19.1 Å². The zero-order valence-corrected chi connectivity index (χ0v) is 11.8. The summed E-state index contributed by atoms with van der Waals surface area (Å²) in [6.07, 6.45) is 1.47. The minimum atomic E-state index is -0.281. The van der Waals surface area contributed by atoms with Crippen molar-refractivity contribution in [2.45, 2.75) is 19.9 Å². The Labute approximate surface area is 117 Å². The summed E-state index contributed by atoms with van der Waals surface area (Å²) in [6.45, 7) is 6.48. The van der Waals surface area contributed by atoms with E-state index in [1.165, 1.54) is 6.20 Å². The number of amides is 1. The number of ether oxygens (including phenoxy) is 1. The highest BCUT2D eigenvalue weighted by atomic mass is 35.5. The molecule has 0 aromatic carbocycles. The molecule has 1 aliphatic rings. The lowest BCUT2D eigenvalue weighted by Crippen LogP contribution is -2.38. The monoisotopic (exact) mass is 284 g/mol. The average Bonchev–Trinajstić information content (AvgIpc) is 2.39. The molecule has 0 atom stereocenters. The highest BCUT2D eigenvalue weighted by Gasteiger charge is 2.19. The molecular weight excluding hydrogens is 268 g/mol. The molecule has 1 N–H and O–H groups in total. The topological polar surface area (TPSA) is 67.4 Å². The fraction of sp³-hybridized carbons (Fsp3) is 0.583. The number of hydrogen-bond donors (Lipinski definition) is 1. The number of aromatic nitrogens is 2. The molecule has 0 radical (unpaired) electrons. The number of nitrogens with zero attached hydrogens (tertiary/aromatic N) is 3. The minimum absolute atomic E-state index is 0.0327. The second-order valence-corrected chi connectivity index (χ2v) is 5.00. The fourth-order valence-corrected chi connectivity index (χ4v) is 1.94. The van der Waals surface area contributed by atoms with Crippen LogP contribution >= 0.6 is 11.6 Å². The van der Waals surface area contributed by atoms with E-state index in [-0.39, 0.29) is 22.7 Å². The highest BCUT2D eigenvalue weighted by Crippen LogP contribution is 2.17. The van der Waals surface area contributed by atoms with Crippen molar-refractivity contribution >= 4 is 23.5 Å². The predicted octanol–water partition coefficient (Wildman–Crippen LogP) is 1.10. The molecule has 104 valence electrons. The summed E-state index contributed by atoms with van der Waals surface area (Å²) in [7, 11) is 0. The van der Waals surface area contributed by atoms with Crippen molar-refractivity contribution in [3.05, 3.63) is 16.9 Å². The zero-order valence-electron chi connectivity index (χ0n) is 11.0. The molecule has 7 heteroatoms. The van der Waals surface area contributed by atoms with Gasteiger partial charge in [-0.3, -0.25) is 4.79 Å². The number of morpholine rings is 1. The Bertz CT molecular complexity index is 461. The number of hydrogen-bond acceptors (Lipinski definition) is 5. The van der Waals surface area contributed by atoms with Crippen molar-refractivity contribution in [3.8, 4) is 0 Å². The summed E-state index contributed by atoms with van der Waals surface area (Å²) in [4.78, 5) is 22.4. The first-order chi connectivity index (χ1) is 9.08. The van der Waals surface area contributed by atoms with E-state index in [9.17, 15) is 4.79 Å². The Morgan fingerprint density at radius 2 is 2.16 bits per heavy atom. The molecule has 0 bridgehead atoms. The number of rotatable bonds is 3. The lowest BCUT2D eigenvalue weighted by Gasteiger charge is -2.26. The summed E-state index contributed by atoms with van der Waals surface area (Å²) in [6, 6.07) is 0.0327. The summed E-state index contributed by atoms with van der Waals surface area (Å²) in [5, 5.41) is 3.03. The van der Waals surface area contributed by atoms with Crippen LogP contribution in [0.2, 0.25) is 5.02 Å². The molecule has 1 aromatic rings. The van der Waals surface area contributed by atoms with E-state index in [4.69, 9.17) is 16.3 Å². The third-order valence-corrected chi connectivity index (χ3v) is 2.94. The van der Waals surface area contributed by atoms with E-state index >= 15 is 0 Å². The van der Waals surface area contributed by atoms with E-state index < -0.39 is 0 Å². The lowest BCUT2D eigenvalue weighted by molar-refractivity contribution is 0.0938. The Hall–Kier alpha value is -1.40. The second-order valence-electron chi connectivity index (χ2n) is 4.59. The van der Waals surface area contributed by atoms with Crippen LogP contribution in [-0.4, -0.2) is 48.2 Å². The molecule has 2 rings (SSSR count). The molecule has 19 heavy (non-hydrogen) atoms. The molecule has 0 aliphatic carbocycles. The van der Waals surface area contributed by atoms with Gasteiger partial charge in [0.15, 0.2) is 5.69 Å².